The zero-order valence-electron chi connectivity index (χ0n) is 15.0. The number of ketones is 1. The standard InChI is InChI=1S/C18H13FN6O3S/c1-10(26)13-8-29-15(22-13)7-25-21-6-14(24-25)23-18(27)16-17(28-9-20-16)11-2-4-12(19)5-3-11/h2-6,8-9H,7H2,1H3,(H,23,24,27). The highest BCUT2D eigenvalue weighted by molar-refractivity contribution is 7.09. The molecule has 0 saturated carbocycles. The molecule has 0 bridgehead atoms. The van der Waals surface area contributed by atoms with Crippen LogP contribution in [0.1, 0.15) is 32.9 Å². The van der Waals surface area contributed by atoms with Gasteiger partial charge in [-0.15, -0.1) is 16.4 Å². The topological polar surface area (TPSA) is 116 Å². The van der Waals surface area contributed by atoms with E-state index in [1.807, 2.05) is 0 Å². The normalized spacial score (nSPS) is 10.8. The first kappa shape index (κ1) is 18.6. The lowest BCUT2D eigenvalue weighted by atomic mass is 10.1. The zero-order valence-corrected chi connectivity index (χ0v) is 15.8. The predicted octanol–water partition coefficient (Wildman–Crippen LogP) is 3.03. The van der Waals surface area contributed by atoms with Gasteiger partial charge in [-0.25, -0.2) is 14.4 Å². The second kappa shape index (κ2) is 7.72. The summed E-state index contributed by atoms with van der Waals surface area (Å²) in [6.07, 6.45) is 2.52. The number of rotatable bonds is 6. The van der Waals surface area contributed by atoms with Crippen molar-refractivity contribution in [2.24, 2.45) is 0 Å². The van der Waals surface area contributed by atoms with Crippen LogP contribution in [0.3, 0.4) is 0 Å². The Morgan fingerprint density at radius 1 is 1.28 bits per heavy atom. The van der Waals surface area contributed by atoms with Gasteiger partial charge >= 0.3 is 0 Å². The van der Waals surface area contributed by atoms with Gasteiger partial charge in [-0.1, -0.05) is 0 Å². The van der Waals surface area contributed by atoms with Crippen molar-refractivity contribution < 1.29 is 18.4 Å². The quantitative estimate of drug-likeness (QED) is 0.484. The number of carbonyl (C=O) groups excluding carboxylic acids is 2. The molecule has 0 aliphatic rings. The van der Waals surface area contributed by atoms with Gasteiger partial charge in [0.15, 0.2) is 29.4 Å². The van der Waals surface area contributed by atoms with E-state index < -0.39 is 11.7 Å². The van der Waals surface area contributed by atoms with Crippen molar-refractivity contribution in [1.82, 2.24) is 25.0 Å². The van der Waals surface area contributed by atoms with Crippen LogP contribution in [0.15, 0.2) is 46.7 Å². The first-order chi connectivity index (χ1) is 14.0. The van der Waals surface area contributed by atoms with E-state index in [-0.39, 0.29) is 29.6 Å². The summed E-state index contributed by atoms with van der Waals surface area (Å²) in [6.45, 7) is 1.71. The molecule has 0 spiro atoms. The second-order valence-corrected chi connectivity index (χ2v) is 6.88. The number of carbonyl (C=O) groups is 2. The Labute approximate surface area is 167 Å². The van der Waals surface area contributed by atoms with Gasteiger partial charge in [-0.2, -0.15) is 9.90 Å². The van der Waals surface area contributed by atoms with Crippen molar-refractivity contribution in [3.05, 3.63) is 64.4 Å². The molecule has 4 aromatic rings. The van der Waals surface area contributed by atoms with Crippen LogP contribution >= 0.6 is 11.3 Å². The summed E-state index contributed by atoms with van der Waals surface area (Å²) >= 11 is 1.33. The van der Waals surface area contributed by atoms with Crippen molar-refractivity contribution >= 4 is 28.8 Å². The lowest BCUT2D eigenvalue weighted by Crippen LogP contribution is -2.14. The number of hydrogen-bond acceptors (Lipinski definition) is 8. The monoisotopic (exact) mass is 412 g/mol. The van der Waals surface area contributed by atoms with Crippen LogP contribution in [0.25, 0.3) is 11.3 Å². The average molecular weight is 412 g/mol. The highest BCUT2D eigenvalue weighted by Crippen LogP contribution is 2.24. The molecule has 11 heteroatoms. The van der Waals surface area contributed by atoms with Gasteiger partial charge in [0.1, 0.15) is 23.1 Å². The number of nitrogens with zero attached hydrogens (tertiary/aromatic N) is 5. The average Bonchev–Trinajstić information content (AvgIpc) is 3.43. The van der Waals surface area contributed by atoms with Crippen molar-refractivity contribution in [1.29, 1.82) is 0 Å². The molecular weight excluding hydrogens is 399 g/mol. The summed E-state index contributed by atoms with van der Waals surface area (Å²) in [6, 6.07) is 5.51. The van der Waals surface area contributed by atoms with Gasteiger partial charge in [-0.05, 0) is 24.3 Å². The van der Waals surface area contributed by atoms with E-state index in [1.54, 1.807) is 5.38 Å². The summed E-state index contributed by atoms with van der Waals surface area (Å²) < 4.78 is 18.4. The van der Waals surface area contributed by atoms with E-state index in [9.17, 15) is 14.0 Å². The molecule has 9 nitrogen and oxygen atoms in total. The molecule has 0 aliphatic heterocycles. The summed E-state index contributed by atoms with van der Waals surface area (Å²) in [5, 5.41) is 13.2. The van der Waals surface area contributed by atoms with Crippen molar-refractivity contribution in [3.63, 3.8) is 0 Å². The van der Waals surface area contributed by atoms with Gasteiger partial charge in [0.2, 0.25) is 0 Å². The lowest BCUT2D eigenvalue weighted by Gasteiger charge is -2.02. The number of aromatic nitrogens is 5. The van der Waals surface area contributed by atoms with Gasteiger partial charge in [0.05, 0.1) is 6.20 Å². The largest absolute Gasteiger partial charge is 0.443 e. The number of benzene rings is 1. The summed E-state index contributed by atoms with van der Waals surface area (Å²) in [4.78, 5) is 33.4. The number of anilines is 1. The van der Waals surface area contributed by atoms with Crippen LogP contribution in [0.5, 0.6) is 0 Å². The molecule has 4 rings (SSSR count). The molecule has 0 unspecified atom stereocenters. The fourth-order valence-corrected chi connectivity index (χ4v) is 3.29. The highest BCUT2D eigenvalue weighted by atomic mass is 32.1. The second-order valence-electron chi connectivity index (χ2n) is 5.93. The minimum Gasteiger partial charge on any atom is -0.443 e. The smallest absolute Gasteiger partial charge is 0.279 e. The predicted molar refractivity (Wildman–Crippen MR) is 101 cm³/mol. The summed E-state index contributed by atoms with van der Waals surface area (Å²) in [5.41, 5.74) is 0.949. The highest BCUT2D eigenvalue weighted by Gasteiger charge is 2.19. The summed E-state index contributed by atoms with van der Waals surface area (Å²) in [7, 11) is 0. The molecule has 0 aliphatic carbocycles. The van der Waals surface area contributed by atoms with E-state index in [2.05, 4.69) is 25.5 Å². The van der Waals surface area contributed by atoms with Gasteiger partial charge < -0.3 is 9.73 Å². The Hall–Kier alpha value is -3.73. The zero-order chi connectivity index (χ0) is 20.4. The van der Waals surface area contributed by atoms with Crippen LogP contribution < -0.4 is 5.32 Å². The number of thiazole rings is 1. The molecule has 3 heterocycles. The number of halogens is 1. The molecule has 0 saturated heterocycles. The third kappa shape index (κ3) is 4.09. The first-order valence-electron chi connectivity index (χ1n) is 8.36. The maximum Gasteiger partial charge on any atom is 0.279 e. The minimum absolute atomic E-state index is 0.0391. The Balaban J connectivity index is 1.46. The number of amides is 1. The van der Waals surface area contributed by atoms with Gasteiger partial charge in [0, 0.05) is 17.9 Å². The van der Waals surface area contributed by atoms with Crippen LogP contribution in [0.2, 0.25) is 0 Å². The number of oxazole rings is 1. The molecule has 1 aromatic carbocycles. The maximum absolute atomic E-state index is 13.1. The maximum atomic E-state index is 13.1. The molecule has 29 heavy (non-hydrogen) atoms. The molecule has 0 fully saturated rings. The number of nitrogens with one attached hydrogen (secondary N) is 1. The minimum atomic E-state index is -0.543. The molecule has 1 N–H and O–H groups in total. The van der Waals surface area contributed by atoms with Crippen LogP contribution in [0, 0.1) is 5.82 Å². The Morgan fingerprint density at radius 3 is 2.79 bits per heavy atom. The SMILES string of the molecule is CC(=O)c1csc(Cn2ncc(NC(=O)c3ncoc3-c3ccc(F)cc3)n2)n1. The molecule has 0 radical (unpaired) electrons. The van der Waals surface area contributed by atoms with E-state index in [1.165, 1.54) is 53.5 Å². The van der Waals surface area contributed by atoms with Crippen molar-refractivity contribution in [2.75, 3.05) is 5.32 Å². The van der Waals surface area contributed by atoms with Crippen molar-refractivity contribution in [3.8, 4) is 11.3 Å². The van der Waals surface area contributed by atoms with E-state index in [4.69, 9.17) is 4.42 Å². The van der Waals surface area contributed by atoms with E-state index in [0.717, 1.165) is 6.39 Å². The number of hydrogen-bond donors (Lipinski definition) is 1. The Kier molecular flexibility index (Phi) is 4.96. The van der Waals surface area contributed by atoms with E-state index >= 15 is 0 Å². The van der Waals surface area contributed by atoms with Gasteiger partial charge in [-0.3, -0.25) is 9.59 Å². The molecule has 3 aromatic heterocycles. The van der Waals surface area contributed by atoms with Gasteiger partial charge in [0.25, 0.3) is 5.91 Å². The third-order valence-corrected chi connectivity index (χ3v) is 4.69. The Bertz CT molecular complexity index is 1180. The van der Waals surface area contributed by atoms with Crippen LogP contribution in [0.4, 0.5) is 10.2 Å². The molecule has 146 valence electrons. The Morgan fingerprint density at radius 2 is 2.07 bits per heavy atom. The van der Waals surface area contributed by atoms with Crippen LogP contribution in [-0.4, -0.2) is 36.7 Å². The molecule has 0 atom stereocenters. The number of Topliss-reactive ketones (excluding diaryl/α,β-unsaturated/α-hetero) is 1. The fraction of sp³-hybridized carbons (Fsp3) is 0.111. The van der Waals surface area contributed by atoms with Crippen molar-refractivity contribution in [2.45, 2.75) is 13.5 Å². The van der Waals surface area contributed by atoms with E-state index in [0.29, 0.717) is 16.3 Å². The molecule has 1 amide bonds. The first-order valence-corrected chi connectivity index (χ1v) is 9.24. The third-order valence-electron chi connectivity index (χ3n) is 3.86. The van der Waals surface area contributed by atoms with Crippen LogP contribution in [-0.2, 0) is 6.54 Å². The fourth-order valence-electron chi connectivity index (χ4n) is 2.49. The molecular formula is C18H13FN6O3S. The summed E-state index contributed by atoms with van der Waals surface area (Å²) in [5.74, 6) is -0.621. The lowest BCUT2D eigenvalue weighted by molar-refractivity contribution is 0.100.